The average Bonchev–Trinajstić information content (AvgIpc) is 2.52. The van der Waals surface area contributed by atoms with Crippen LogP contribution in [0.4, 0.5) is 0 Å². The van der Waals surface area contributed by atoms with Gasteiger partial charge in [0, 0.05) is 5.38 Å². The monoisotopic (exact) mass is 222 g/mol. The number of aromatic carboxylic acids is 1. The topological polar surface area (TPSA) is 109 Å². The SMILES string of the molecule is NNS(=O)(=O)c1csc(C(=O)O)c1. The van der Waals surface area contributed by atoms with E-state index < -0.39 is 16.0 Å². The second-order valence-corrected chi connectivity index (χ2v) is 4.70. The van der Waals surface area contributed by atoms with E-state index in [4.69, 9.17) is 10.9 Å². The van der Waals surface area contributed by atoms with Crippen molar-refractivity contribution < 1.29 is 18.3 Å². The Morgan fingerprint density at radius 2 is 2.23 bits per heavy atom. The molecule has 0 aliphatic carbocycles. The Balaban J connectivity index is 3.13. The van der Waals surface area contributed by atoms with E-state index in [1.165, 1.54) is 5.38 Å². The number of nitrogens with one attached hydrogen (secondary N) is 1. The molecular formula is C5H6N2O4S2. The van der Waals surface area contributed by atoms with Crippen LogP contribution in [-0.2, 0) is 10.0 Å². The maximum Gasteiger partial charge on any atom is 0.345 e. The van der Waals surface area contributed by atoms with Crippen molar-refractivity contribution in [3.8, 4) is 0 Å². The summed E-state index contributed by atoms with van der Waals surface area (Å²) in [6.45, 7) is 0. The summed E-state index contributed by atoms with van der Waals surface area (Å²) in [5.41, 5.74) is 0. The van der Waals surface area contributed by atoms with Gasteiger partial charge in [0.15, 0.2) is 0 Å². The van der Waals surface area contributed by atoms with E-state index in [1.54, 1.807) is 4.83 Å². The molecule has 4 N–H and O–H groups in total. The van der Waals surface area contributed by atoms with Gasteiger partial charge in [0.25, 0.3) is 10.0 Å². The minimum atomic E-state index is -3.74. The van der Waals surface area contributed by atoms with Crippen molar-refractivity contribution in [3.05, 3.63) is 16.3 Å². The lowest BCUT2D eigenvalue weighted by atomic mass is 10.5. The molecule has 0 atom stereocenters. The van der Waals surface area contributed by atoms with Crippen molar-refractivity contribution in [3.63, 3.8) is 0 Å². The molecule has 0 saturated heterocycles. The number of carbonyl (C=O) groups is 1. The number of carboxylic acids is 1. The van der Waals surface area contributed by atoms with Crippen LogP contribution in [0.15, 0.2) is 16.3 Å². The van der Waals surface area contributed by atoms with E-state index in [9.17, 15) is 13.2 Å². The van der Waals surface area contributed by atoms with Gasteiger partial charge < -0.3 is 5.11 Å². The van der Waals surface area contributed by atoms with E-state index in [2.05, 4.69) is 0 Å². The first-order valence-corrected chi connectivity index (χ1v) is 5.38. The molecule has 6 nitrogen and oxygen atoms in total. The molecule has 0 aromatic carbocycles. The van der Waals surface area contributed by atoms with Crippen molar-refractivity contribution in [2.75, 3.05) is 0 Å². The Hall–Kier alpha value is -0.960. The first-order valence-electron chi connectivity index (χ1n) is 3.01. The summed E-state index contributed by atoms with van der Waals surface area (Å²) in [6.07, 6.45) is 0. The predicted molar refractivity (Wildman–Crippen MR) is 45.8 cm³/mol. The summed E-state index contributed by atoms with van der Waals surface area (Å²) < 4.78 is 22.0. The summed E-state index contributed by atoms with van der Waals surface area (Å²) in [4.78, 5) is 11.8. The van der Waals surface area contributed by atoms with Gasteiger partial charge in [-0.2, -0.15) is 4.83 Å². The van der Waals surface area contributed by atoms with Crippen LogP contribution in [-0.4, -0.2) is 19.5 Å². The van der Waals surface area contributed by atoms with Crippen molar-refractivity contribution in [2.24, 2.45) is 5.84 Å². The molecule has 0 saturated carbocycles. The Morgan fingerprint density at radius 1 is 1.62 bits per heavy atom. The van der Waals surface area contributed by atoms with Crippen molar-refractivity contribution in [2.45, 2.75) is 4.90 Å². The van der Waals surface area contributed by atoms with Crippen LogP contribution in [0.3, 0.4) is 0 Å². The quantitative estimate of drug-likeness (QED) is 0.476. The standard InChI is InChI=1S/C5H6N2O4S2/c6-7-13(10,11)3-1-4(5(8)9)12-2-3/h1-2,7H,6H2,(H,8,9). The van der Waals surface area contributed by atoms with Gasteiger partial charge in [-0.05, 0) is 6.07 Å². The highest BCUT2D eigenvalue weighted by molar-refractivity contribution is 7.89. The number of hydrogen-bond acceptors (Lipinski definition) is 5. The molecule has 0 amide bonds. The van der Waals surface area contributed by atoms with Crippen molar-refractivity contribution >= 4 is 27.3 Å². The molecule has 1 rings (SSSR count). The molecular weight excluding hydrogens is 216 g/mol. The predicted octanol–water partition coefficient (Wildman–Crippen LogP) is -0.402. The molecule has 0 aliphatic rings. The highest BCUT2D eigenvalue weighted by Gasteiger charge is 2.16. The normalized spacial score (nSPS) is 11.5. The number of sulfonamides is 1. The fraction of sp³-hybridized carbons (Fsp3) is 0. The minimum Gasteiger partial charge on any atom is -0.477 e. The molecule has 13 heavy (non-hydrogen) atoms. The second-order valence-electron chi connectivity index (χ2n) is 2.07. The van der Waals surface area contributed by atoms with Crippen LogP contribution in [0.25, 0.3) is 0 Å². The van der Waals surface area contributed by atoms with Gasteiger partial charge >= 0.3 is 5.97 Å². The molecule has 1 aromatic heterocycles. The van der Waals surface area contributed by atoms with E-state index >= 15 is 0 Å². The third-order valence-corrected chi connectivity index (χ3v) is 3.49. The lowest BCUT2D eigenvalue weighted by Crippen LogP contribution is -2.29. The van der Waals surface area contributed by atoms with Gasteiger partial charge in [-0.1, -0.05) is 0 Å². The number of nitrogens with two attached hydrogens (primary N) is 1. The zero-order valence-electron chi connectivity index (χ0n) is 6.22. The van der Waals surface area contributed by atoms with Gasteiger partial charge in [-0.3, -0.25) is 5.84 Å². The third-order valence-electron chi connectivity index (χ3n) is 1.25. The fourth-order valence-corrected chi connectivity index (χ4v) is 2.38. The lowest BCUT2D eigenvalue weighted by molar-refractivity contribution is 0.0702. The molecule has 1 aromatic rings. The van der Waals surface area contributed by atoms with E-state index in [1.807, 2.05) is 0 Å². The van der Waals surface area contributed by atoms with Crippen molar-refractivity contribution in [1.82, 2.24) is 4.83 Å². The summed E-state index contributed by atoms with van der Waals surface area (Å²) >= 11 is 0.826. The third kappa shape index (κ3) is 2.04. The highest BCUT2D eigenvalue weighted by Crippen LogP contribution is 2.18. The maximum atomic E-state index is 11.0. The lowest BCUT2D eigenvalue weighted by Gasteiger charge is -1.95. The number of rotatable bonds is 3. The maximum absolute atomic E-state index is 11.0. The average molecular weight is 222 g/mol. The molecule has 0 spiro atoms. The molecule has 1 heterocycles. The molecule has 0 bridgehead atoms. The molecule has 8 heteroatoms. The summed E-state index contributed by atoms with van der Waals surface area (Å²) in [5.74, 6) is 3.58. The Morgan fingerprint density at radius 3 is 2.62 bits per heavy atom. The largest absolute Gasteiger partial charge is 0.477 e. The molecule has 72 valence electrons. The zero-order valence-corrected chi connectivity index (χ0v) is 7.85. The molecule has 0 fully saturated rings. The smallest absolute Gasteiger partial charge is 0.345 e. The molecule has 0 unspecified atom stereocenters. The van der Waals surface area contributed by atoms with E-state index in [-0.39, 0.29) is 9.77 Å². The fourth-order valence-electron chi connectivity index (χ4n) is 0.640. The van der Waals surface area contributed by atoms with Gasteiger partial charge in [0.1, 0.15) is 4.88 Å². The van der Waals surface area contributed by atoms with Crippen LogP contribution in [0.5, 0.6) is 0 Å². The number of hydrogen-bond donors (Lipinski definition) is 3. The molecule has 0 aliphatic heterocycles. The molecule has 0 radical (unpaired) electrons. The Kier molecular flexibility index (Phi) is 2.66. The zero-order chi connectivity index (χ0) is 10.1. The van der Waals surface area contributed by atoms with Crippen LogP contribution < -0.4 is 10.7 Å². The summed E-state index contributed by atoms with van der Waals surface area (Å²) in [7, 11) is -3.74. The highest BCUT2D eigenvalue weighted by atomic mass is 32.2. The Bertz CT molecular complexity index is 421. The minimum absolute atomic E-state index is 0.0474. The van der Waals surface area contributed by atoms with Gasteiger partial charge in [-0.25, -0.2) is 13.2 Å². The number of thiophene rings is 1. The van der Waals surface area contributed by atoms with E-state index in [0.717, 1.165) is 17.4 Å². The van der Waals surface area contributed by atoms with Gasteiger partial charge in [0.2, 0.25) is 0 Å². The first-order chi connectivity index (χ1) is 5.97. The number of carboxylic acid groups (broad SMARTS) is 1. The summed E-state index contributed by atoms with van der Waals surface area (Å²) in [5, 5.41) is 9.71. The first kappa shape index (κ1) is 10.1. The van der Waals surface area contributed by atoms with Gasteiger partial charge in [0.05, 0.1) is 4.90 Å². The van der Waals surface area contributed by atoms with Crippen LogP contribution >= 0.6 is 11.3 Å². The van der Waals surface area contributed by atoms with Crippen LogP contribution in [0.2, 0.25) is 0 Å². The van der Waals surface area contributed by atoms with Gasteiger partial charge in [-0.15, -0.1) is 11.3 Å². The van der Waals surface area contributed by atoms with E-state index in [0.29, 0.717) is 0 Å². The number of hydrazine groups is 1. The van der Waals surface area contributed by atoms with Crippen LogP contribution in [0.1, 0.15) is 9.67 Å². The van der Waals surface area contributed by atoms with Crippen molar-refractivity contribution in [1.29, 1.82) is 0 Å². The second kappa shape index (κ2) is 3.42. The summed E-state index contributed by atoms with van der Waals surface area (Å²) in [6, 6.07) is 1.04. The Labute approximate surface area is 78.0 Å². The van der Waals surface area contributed by atoms with Crippen LogP contribution in [0, 0.1) is 0 Å².